The number of rotatable bonds is 5. The molecule has 1 aromatic heterocycles. The van der Waals surface area contributed by atoms with Gasteiger partial charge < -0.3 is 10.0 Å². The van der Waals surface area contributed by atoms with Crippen LogP contribution in [0, 0.1) is 0 Å². The molecule has 0 radical (unpaired) electrons. The Morgan fingerprint density at radius 1 is 1.19 bits per heavy atom. The van der Waals surface area contributed by atoms with E-state index in [1.165, 1.54) is 12.1 Å². The molecule has 1 saturated heterocycles. The van der Waals surface area contributed by atoms with E-state index < -0.39 is 10.0 Å². The maximum Gasteiger partial charge on any atom is 0.271 e. The second-order valence-corrected chi connectivity index (χ2v) is 9.77. The Bertz CT molecular complexity index is 872. The maximum atomic E-state index is 12.3. The van der Waals surface area contributed by atoms with Gasteiger partial charge in [0.1, 0.15) is 4.21 Å². The third-order valence-corrected chi connectivity index (χ3v) is 7.30. The van der Waals surface area contributed by atoms with Crippen molar-refractivity contribution in [1.82, 2.24) is 4.90 Å². The molecule has 1 aliphatic rings. The molecule has 0 spiro atoms. The minimum atomic E-state index is -3.67. The molecule has 1 aromatic carbocycles. The highest BCUT2D eigenvalue weighted by molar-refractivity contribution is 7.94. The second kappa shape index (κ2) is 7.96. The van der Waals surface area contributed by atoms with E-state index in [1.54, 1.807) is 29.2 Å². The smallest absolute Gasteiger partial charge is 0.271 e. The van der Waals surface area contributed by atoms with Crippen LogP contribution in [0.3, 0.4) is 0 Å². The van der Waals surface area contributed by atoms with Crippen LogP contribution in [0.4, 0.5) is 5.69 Å². The molecule has 3 rings (SSSR count). The first kappa shape index (κ1) is 19.2. The molecule has 26 heavy (non-hydrogen) atoms. The Labute approximate surface area is 161 Å². The number of anilines is 1. The van der Waals surface area contributed by atoms with E-state index in [-0.39, 0.29) is 22.6 Å². The minimum Gasteiger partial charge on any atom is -0.393 e. The lowest BCUT2D eigenvalue weighted by molar-refractivity contribution is -0.132. The van der Waals surface area contributed by atoms with Gasteiger partial charge in [0, 0.05) is 18.8 Å². The van der Waals surface area contributed by atoms with Crippen LogP contribution in [-0.2, 0) is 21.2 Å². The van der Waals surface area contributed by atoms with Crippen LogP contribution >= 0.6 is 22.9 Å². The fourth-order valence-electron chi connectivity index (χ4n) is 2.74. The summed E-state index contributed by atoms with van der Waals surface area (Å²) >= 11 is 6.78. The van der Waals surface area contributed by atoms with Crippen molar-refractivity contribution in [2.45, 2.75) is 29.6 Å². The van der Waals surface area contributed by atoms with Crippen molar-refractivity contribution in [3.63, 3.8) is 0 Å². The zero-order chi connectivity index (χ0) is 18.7. The number of benzene rings is 1. The third kappa shape index (κ3) is 4.76. The van der Waals surface area contributed by atoms with Crippen molar-refractivity contribution < 1.29 is 18.3 Å². The Balaban J connectivity index is 1.61. The van der Waals surface area contributed by atoms with Gasteiger partial charge in [0.2, 0.25) is 5.91 Å². The average Bonchev–Trinajstić information content (AvgIpc) is 3.04. The molecule has 0 unspecified atom stereocenters. The normalized spacial score (nSPS) is 15.8. The maximum absolute atomic E-state index is 12.3. The van der Waals surface area contributed by atoms with E-state index in [0.29, 0.717) is 36.0 Å². The Hall–Kier alpha value is -1.61. The van der Waals surface area contributed by atoms with E-state index in [1.807, 2.05) is 0 Å². The highest BCUT2D eigenvalue weighted by atomic mass is 35.5. The number of piperidine rings is 1. The van der Waals surface area contributed by atoms with Gasteiger partial charge in [0.15, 0.2) is 0 Å². The Kier molecular flexibility index (Phi) is 5.86. The SMILES string of the molecule is O=C(Cc1ccc(NS(=O)(=O)c2ccc(Cl)s2)cc1)N1CCC(O)CC1. The number of nitrogens with one attached hydrogen (secondary N) is 1. The van der Waals surface area contributed by atoms with Gasteiger partial charge in [-0.15, -0.1) is 11.3 Å². The van der Waals surface area contributed by atoms with Crippen LogP contribution in [0.25, 0.3) is 0 Å². The zero-order valence-electron chi connectivity index (χ0n) is 13.9. The molecule has 2 heterocycles. The number of nitrogens with zero attached hydrogens (tertiary/aromatic N) is 1. The molecule has 0 saturated carbocycles. The number of carbonyl (C=O) groups is 1. The number of amides is 1. The first-order chi connectivity index (χ1) is 12.3. The number of sulfonamides is 1. The zero-order valence-corrected chi connectivity index (χ0v) is 16.3. The Morgan fingerprint density at radius 3 is 2.42 bits per heavy atom. The summed E-state index contributed by atoms with van der Waals surface area (Å²) < 4.78 is 27.6. The van der Waals surface area contributed by atoms with Gasteiger partial charge in [0.05, 0.1) is 16.9 Å². The van der Waals surface area contributed by atoms with E-state index in [4.69, 9.17) is 11.6 Å². The lowest BCUT2D eigenvalue weighted by Crippen LogP contribution is -2.40. The van der Waals surface area contributed by atoms with Gasteiger partial charge in [-0.05, 0) is 42.7 Å². The molecule has 0 aliphatic carbocycles. The number of carbonyl (C=O) groups excluding carboxylic acids is 1. The monoisotopic (exact) mass is 414 g/mol. The van der Waals surface area contributed by atoms with Crippen molar-refractivity contribution >= 4 is 44.6 Å². The summed E-state index contributed by atoms with van der Waals surface area (Å²) in [6.45, 7) is 1.14. The van der Waals surface area contributed by atoms with Crippen LogP contribution in [-0.4, -0.2) is 43.5 Å². The average molecular weight is 415 g/mol. The highest BCUT2D eigenvalue weighted by Crippen LogP contribution is 2.27. The third-order valence-electron chi connectivity index (χ3n) is 4.19. The fourth-order valence-corrected chi connectivity index (χ4v) is 5.28. The molecular formula is C17H19ClN2O4S2. The molecule has 1 amide bonds. The lowest BCUT2D eigenvalue weighted by atomic mass is 10.1. The van der Waals surface area contributed by atoms with Crippen molar-refractivity contribution in [1.29, 1.82) is 0 Å². The summed E-state index contributed by atoms with van der Waals surface area (Å²) in [5.41, 5.74) is 1.23. The number of hydrogen-bond acceptors (Lipinski definition) is 5. The summed E-state index contributed by atoms with van der Waals surface area (Å²) in [6.07, 6.45) is 1.16. The van der Waals surface area contributed by atoms with Crippen LogP contribution in [0.5, 0.6) is 0 Å². The summed E-state index contributed by atoms with van der Waals surface area (Å²) in [5, 5.41) is 9.50. The van der Waals surface area contributed by atoms with Gasteiger partial charge in [-0.1, -0.05) is 23.7 Å². The number of aliphatic hydroxyl groups is 1. The molecule has 6 nitrogen and oxygen atoms in total. The van der Waals surface area contributed by atoms with Gasteiger partial charge in [-0.2, -0.15) is 0 Å². The molecule has 1 aliphatic heterocycles. The quantitative estimate of drug-likeness (QED) is 0.787. The van der Waals surface area contributed by atoms with Gasteiger partial charge in [0.25, 0.3) is 10.0 Å². The summed E-state index contributed by atoms with van der Waals surface area (Å²) in [4.78, 5) is 14.1. The summed E-state index contributed by atoms with van der Waals surface area (Å²) in [7, 11) is -3.67. The minimum absolute atomic E-state index is 0.0125. The van der Waals surface area contributed by atoms with Crippen molar-refractivity contribution in [2.24, 2.45) is 0 Å². The van der Waals surface area contributed by atoms with Crippen LogP contribution in [0.1, 0.15) is 18.4 Å². The van der Waals surface area contributed by atoms with Crippen molar-refractivity contribution in [2.75, 3.05) is 17.8 Å². The molecule has 0 bridgehead atoms. The molecule has 1 fully saturated rings. The molecule has 9 heteroatoms. The predicted octanol–water partition coefficient (Wildman–Crippen LogP) is 2.73. The van der Waals surface area contributed by atoms with Crippen LogP contribution in [0.15, 0.2) is 40.6 Å². The number of aliphatic hydroxyl groups excluding tert-OH is 1. The van der Waals surface area contributed by atoms with E-state index >= 15 is 0 Å². The van der Waals surface area contributed by atoms with Gasteiger partial charge in [-0.25, -0.2) is 8.42 Å². The number of halogens is 1. The first-order valence-corrected chi connectivity index (χ1v) is 10.8. The van der Waals surface area contributed by atoms with Crippen molar-refractivity contribution in [3.05, 3.63) is 46.3 Å². The summed E-state index contributed by atoms with van der Waals surface area (Å²) in [6, 6.07) is 9.73. The van der Waals surface area contributed by atoms with E-state index in [0.717, 1.165) is 16.9 Å². The topological polar surface area (TPSA) is 86.7 Å². The standard InChI is InChI=1S/C17H19ClN2O4S2/c18-15-5-6-17(25-15)26(23,24)19-13-3-1-12(2-4-13)11-16(22)20-9-7-14(21)8-10-20/h1-6,14,19,21H,7-11H2. The Morgan fingerprint density at radius 2 is 1.85 bits per heavy atom. The molecular weight excluding hydrogens is 396 g/mol. The summed E-state index contributed by atoms with van der Waals surface area (Å²) in [5.74, 6) is 0.0125. The lowest BCUT2D eigenvalue weighted by Gasteiger charge is -2.29. The van der Waals surface area contributed by atoms with E-state index in [9.17, 15) is 18.3 Å². The highest BCUT2D eigenvalue weighted by Gasteiger charge is 2.21. The molecule has 140 valence electrons. The number of likely N-dealkylation sites (tertiary alicyclic amines) is 1. The fraction of sp³-hybridized carbons (Fsp3) is 0.353. The van der Waals surface area contributed by atoms with Gasteiger partial charge in [-0.3, -0.25) is 9.52 Å². The van der Waals surface area contributed by atoms with Crippen LogP contribution in [0.2, 0.25) is 4.34 Å². The molecule has 0 atom stereocenters. The van der Waals surface area contributed by atoms with Crippen LogP contribution < -0.4 is 4.72 Å². The predicted molar refractivity (Wildman–Crippen MR) is 102 cm³/mol. The second-order valence-electron chi connectivity index (χ2n) is 6.15. The largest absolute Gasteiger partial charge is 0.393 e. The number of hydrogen-bond donors (Lipinski definition) is 2. The first-order valence-electron chi connectivity index (χ1n) is 8.16. The van der Waals surface area contributed by atoms with Gasteiger partial charge >= 0.3 is 0 Å². The molecule has 2 aromatic rings. The molecule has 2 N–H and O–H groups in total. The van der Waals surface area contributed by atoms with E-state index in [2.05, 4.69) is 4.72 Å². The van der Waals surface area contributed by atoms with Crippen molar-refractivity contribution in [3.8, 4) is 0 Å². The number of thiophene rings is 1.